The van der Waals surface area contributed by atoms with Crippen LogP contribution in [0.5, 0.6) is 5.75 Å². The van der Waals surface area contributed by atoms with Gasteiger partial charge in [-0.1, -0.05) is 6.07 Å². The van der Waals surface area contributed by atoms with E-state index in [1.165, 1.54) is 18.9 Å². The Hall–Kier alpha value is -1.09. The molecule has 1 saturated heterocycles. The molecule has 1 aromatic carbocycles. The number of benzene rings is 1. The first-order chi connectivity index (χ1) is 8.22. The average Bonchev–Trinajstić information content (AvgIpc) is 2.35. The Labute approximate surface area is 102 Å². The van der Waals surface area contributed by atoms with E-state index < -0.39 is 0 Å². The minimum atomic E-state index is -0.248. The first-order valence-corrected chi connectivity index (χ1v) is 6.25. The van der Waals surface area contributed by atoms with Crippen molar-refractivity contribution in [1.29, 1.82) is 0 Å². The molecule has 1 aliphatic rings. The van der Waals surface area contributed by atoms with Crippen molar-refractivity contribution in [3.05, 3.63) is 29.1 Å². The Balaban J connectivity index is 2.21. The summed E-state index contributed by atoms with van der Waals surface area (Å²) in [6, 6.07) is 3.33. The minimum Gasteiger partial charge on any atom is -0.493 e. The van der Waals surface area contributed by atoms with Crippen molar-refractivity contribution in [3.8, 4) is 5.75 Å². The van der Waals surface area contributed by atoms with Crippen LogP contribution in [0, 0.1) is 18.7 Å². The van der Waals surface area contributed by atoms with E-state index in [1.807, 2.05) is 13.0 Å². The minimum absolute atomic E-state index is 0.248. The Bertz CT molecular complexity index is 386. The molecule has 2 nitrogen and oxygen atoms in total. The molecule has 0 radical (unpaired) electrons. The molecule has 1 N–H and O–H groups in total. The summed E-state index contributed by atoms with van der Waals surface area (Å²) in [5.74, 6) is 0.830. The number of rotatable bonds is 3. The fourth-order valence-corrected chi connectivity index (χ4v) is 2.55. The maximum absolute atomic E-state index is 13.6. The Kier molecular flexibility index (Phi) is 4.00. The molecular weight excluding hydrogens is 217 g/mol. The van der Waals surface area contributed by atoms with Crippen LogP contribution >= 0.6 is 0 Å². The topological polar surface area (TPSA) is 21.3 Å². The summed E-state index contributed by atoms with van der Waals surface area (Å²) < 4.78 is 18.9. The van der Waals surface area contributed by atoms with Gasteiger partial charge in [0, 0.05) is 5.56 Å². The van der Waals surface area contributed by atoms with Gasteiger partial charge in [-0.3, -0.25) is 0 Å². The number of aryl methyl sites for hydroxylation is 1. The van der Waals surface area contributed by atoms with Gasteiger partial charge in [-0.2, -0.15) is 0 Å². The zero-order chi connectivity index (χ0) is 12.3. The van der Waals surface area contributed by atoms with Gasteiger partial charge in [0.25, 0.3) is 0 Å². The van der Waals surface area contributed by atoms with Crippen LogP contribution in [0.3, 0.4) is 0 Å². The monoisotopic (exact) mass is 237 g/mol. The summed E-state index contributed by atoms with van der Waals surface area (Å²) in [5.41, 5.74) is 2.17. The van der Waals surface area contributed by atoms with Gasteiger partial charge in [0.1, 0.15) is 0 Å². The number of piperidine rings is 1. The van der Waals surface area contributed by atoms with Crippen molar-refractivity contribution in [2.45, 2.75) is 26.2 Å². The molecule has 0 unspecified atom stereocenters. The third-order valence-electron chi connectivity index (χ3n) is 3.60. The van der Waals surface area contributed by atoms with Crippen molar-refractivity contribution in [1.82, 2.24) is 5.32 Å². The van der Waals surface area contributed by atoms with Crippen LogP contribution in [0.4, 0.5) is 4.39 Å². The molecule has 1 fully saturated rings. The van der Waals surface area contributed by atoms with E-state index >= 15 is 0 Å². The predicted molar refractivity (Wildman–Crippen MR) is 67.0 cm³/mol. The van der Waals surface area contributed by atoms with E-state index in [-0.39, 0.29) is 5.82 Å². The van der Waals surface area contributed by atoms with Crippen molar-refractivity contribution >= 4 is 0 Å². The molecule has 94 valence electrons. The second-order valence-electron chi connectivity index (χ2n) is 4.77. The smallest absolute Gasteiger partial charge is 0.165 e. The molecule has 0 amide bonds. The molecule has 0 bridgehead atoms. The lowest BCUT2D eigenvalue weighted by Crippen LogP contribution is -2.28. The molecule has 1 aromatic rings. The highest BCUT2D eigenvalue weighted by atomic mass is 19.1. The molecule has 0 aromatic heterocycles. The van der Waals surface area contributed by atoms with E-state index in [1.54, 1.807) is 7.11 Å². The van der Waals surface area contributed by atoms with Crippen LogP contribution in [0.2, 0.25) is 0 Å². The fraction of sp³-hybridized carbons (Fsp3) is 0.571. The summed E-state index contributed by atoms with van der Waals surface area (Å²) >= 11 is 0. The lowest BCUT2D eigenvalue weighted by Gasteiger charge is -2.24. The molecular formula is C14H20FNO. The van der Waals surface area contributed by atoms with Crippen LogP contribution in [-0.4, -0.2) is 20.2 Å². The number of hydrogen-bond acceptors (Lipinski definition) is 2. The maximum atomic E-state index is 13.6. The quantitative estimate of drug-likeness (QED) is 0.872. The first-order valence-electron chi connectivity index (χ1n) is 6.25. The average molecular weight is 237 g/mol. The van der Waals surface area contributed by atoms with Crippen LogP contribution in [-0.2, 0) is 6.42 Å². The van der Waals surface area contributed by atoms with Crippen LogP contribution in [0.1, 0.15) is 24.0 Å². The highest BCUT2D eigenvalue weighted by molar-refractivity contribution is 5.41. The molecule has 0 saturated carbocycles. The van der Waals surface area contributed by atoms with E-state index in [9.17, 15) is 4.39 Å². The highest BCUT2D eigenvalue weighted by Crippen LogP contribution is 2.30. The normalized spacial score (nSPS) is 17.1. The zero-order valence-corrected chi connectivity index (χ0v) is 10.6. The van der Waals surface area contributed by atoms with Gasteiger partial charge < -0.3 is 10.1 Å². The van der Waals surface area contributed by atoms with Crippen molar-refractivity contribution in [2.24, 2.45) is 5.92 Å². The SMILES string of the molecule is COc1c(F)ccc(C)c1CC1CCNCC1. The predicted octanol–water partition coefficient (Wildman–Crippen LogP) is 2.68. The van der Waals surface area contributed by atoms with Crippen molar-refractivity contribution < 1.29 is 9.13 Å². The third-order valence-corrected chi connectivity index (χ3v) is 3.60. The summed E-state index contributed by atoms with van der Waals surface area (Å²) in [6.45, 7) is 4.17. The van der Waals surface area contributed by atoms with Gasteiger partial charge in [-0.15, -0.1) is 0 Å². The van der Waals surface area contributed by atoms with Gasteiger partial charge in [0.2, 0.25) is 0 Å². The molecule has 2 rings (SSSR count). The Morgan fingerprint density at radius 3 is 2.71 bits per heavy atom. The molecule has 0 spiro atoms. The Morgan fingerprint density at radius 2 is 2.06 bits per heavy atom. The van der Waals surface area contributed by atoms with E-state index in [0.29, 0.717) is 11.7 Å². The van der Waals surface area contributed by atoms with E-state index in [4.69, 9.17) is 4.74 Å². The molecule has 0 aliphatic carbocycles. The van der Waals surface area contributed by atoms with Gasteiger partial charge in [0.15, 0.2) is 11.6 Å². The second-order valence-corrected chi connectivity index (χ2v) is 4.77. The fourth-order valence-electron chi connectivity index (χ4n) is 2.55. The van der Waals surface area contributed by atoms with Crippen LogP contribution in [0.25, 0.3) is 0 Å². The van der Waals surface area contributed by atoms with Gasteiger partial charge in [-0.25, -0.2) is 4.39 Å². The number of nitrogens with one attached hydrogen (secondary N) is 1. The second kappa shape index (κ2) is 5.50. The van der Waals surface area contributed by atoms with Gasteiger partial charge in [-0.05, 0) is 56.8 Å². The van der Waals surface area contributed by atoms with Crippen molar-refractivity contribution in [3.63, 3.8) is 0 Å². The number of halogens is 1. The molecule has 1 heterocycles. The van der Waals surface area contributed by atoms with Crippen molar-refractivity contribution in [2.75, 3.05) is 20.2 Å². The van der Waals surface area contributed by atoms with Crippen LogP contribution in [0.15, 0.2) is 12.1 Å². The number of methoxy groups -OCH3 is 1. The molecule has 17 heavy (non-hydrogen) atoms. The lowest BCUT2D eigenvalue weighted by molar-refractivity contribution is 0.351. The molecule has 3 heteroatoms. The summed E-state index contributed by atoms with van der Waals surface area (Å²) in [4.78, 5) is 0. The Morgan fingerprint density at radius 1 is 1.35 bits per heavy atom. The van der Waals surface area contributed by atoms with Crippen LogP contribution < -0.4 is 10.1 Å². The highest BCUT2D eigenvalue weighted by Gasteiger charge is 2.19. The summed E-state index contributed by atoms with van der Waals surface area (Å²) in [6.07, 6.45) is 3.26. The van der Waals surface area contributed by atoms with Gasteiger partial charge >= 0.3 is 0 Å². The summed E-state index contributed by atoms with van der Waals surface area (Å²) in [5, 5.41) is 3.35. The maximum Gasteiger partial charge on any atom is 0.165 e. The third kappa shape index (κ3) is 2.78. The first kappa shape index (κ1) is 12.4. The van der Waals surface area contributed by atoms with E-state index in [0.717, 1.165) is 30.6 Å². The standard InChI is InChI=1S/C14H20FNO/c1-10-3-4-13(15)14(17-2)12(10)9-11-5-7-16-8-6-11/h3-4,11,16H,5-9H2,1-2H3. The van der Waals surface area contributed by atoms with E-state index in [2.05, 4.69) is 5.32 Å². The molecule has 0 atom stereocenters. The lowest BCUT2D eigenvalue weighted by atomic mass is 9.89. The van der Waals surface area contributed by atoms with Gasteiger partial charge in [0.05, 0.1) is 7.11 Å². The number of ether oxygens (including phenoxy) is 1. The zero-order valence-electron chi connectivity index (χ0n) is 10.6. The summed E-state index contributed by atoms with van der Waals surface area (Å²) in [7, 11) is 1.55. The molecule has 1 aliphatic heterocycles. The largest absolute Gasteiger partial charge is 0.493 e. The number of hydrogen-bond donors (Lipinski definition) is 1.